The van der Waals surface area contributed by atoms with E-state index in [1.165, 1.54) is 0 Å². The highest BCUT2D eigenvalue weighted by Crippen LogP contribution is 2.29. The van der Waals surface area contributed by atoms with Crippen LogP contribution in [0.4, 0.5) is 5.69 Å². The molecule has 1 aliphatic rings. The highest BCUT2D eigenvalue weighted by molar-refractivity contribution is 5.76. The van der Waals surface area contributed by atoms with Gasteiger partial charge in [0.15, 0.2) is 0 Å². The molecule has 0 spiro atoms. The Kier molecular flexibility index (Phi) is 6.75. The van der Waals surface area contributed by atoms with Crippen LogP contribution in [-0.4, -0.2) is 32.1 Å². The third-order valence-electron chi connectivity index (χ3n) is 4.53. The van der Waals surface area contributed by atoms with Crippen LogP contribution in [0.5, 0.6) is 5.75 Å². The molecule has 2 rings (SSSR count). The molecule has 2 atom stereocenters. The first-order valence-corrected chi connectivity index (χ1v) is 8.81. The van der Waals surface area contributed by atoms with Gasteiger partial charge in [-0.25, -0.2) is 0 Å². The number of rotatable bonds is 7. The molecule has 1 aromatic carbocycles. The van der Waals surface area contributed by atoms with Crippen LogP contribution in [0.2, 0.25) is 0 Å². The van der Waals surface area contributed by atoms with Crippen molar-refractivity contribution in [1.29, 1.82) is 0 Å². The first kappa shape index (κ1) is 17.6. The molecule has 0 aromatic heterocycles. The van der Waals surface area contributed by atoms with Gasteiger partial charge in [-0.1, -0.05) is 38.8 Å². The minimum absolute atomic E-state index is 0.192. The smallest absolute Gasteiger partial charge is 0.220 e. The highest BCUT2D eigenvalue weighted by Gasteiger charge is 2.23. The van der Waals surface area contributed by atoms with E-state index >= 15 is 0 Å². The Bertz CT molecular complexity index is 504. The van der Waals surface area contributed by atoms with E-state index in [0.717, 1.165) is 50.2 Å². The fraction of sp³-hybridized carbons (Fsp3) is 0.632. The Labute approximate surface area is 140 Å². The van der Waals surface area contributed by atoms with Crippen LogP contribution in [0.3, 0.4) is 0 Å². The third-order valence-corrected chi connectivity index (χ3v) is 4.53. The van der Waals surface area contributed by atoms with Crippen molar-refractivity contribution in [3.63, 3.8) is 0 Å². The molecule has 1 heterocycles. The first-order chi connectivity index (χ1) is 11.1. The van der Waals surface area contributed by atoms with Gasteiger partial charge < -0.3 is 15.0 Å². The van der Waals surface area contributed by atoms with Crippen molar-refractivity contribution in [1.82, 2.24) is 5.32 Å². The standard InChI is InChI=1S/C19H30N2O2/c1-4-8-15(2)13-19(22)20-16-9-7-12-21(14-16)17-10-5-6-11-18(17)23-3/h5-6,10-11,15-16H,4,7-9,12-14H2,1-3H3,(H,20,22). The van der Waals surface area contributed by atoms with E-state index in [1.54, 1.807) is 7.11 Å². The largest absolute Gasteiger partial charge is 0.495 e. The molecule has 1 saturated heterocycles. The maximum Gasteiger partial charge on any atom is 0.220 e. The summed E-state index contributed by atoms with van der Waals surface area (Å²) >= 11 is 0. The summed E-state index contributed by atoms with van der Waals surface area (Å²) in [6.45, 7) is 6.19. The lowest BCUT2D eigenvalue weighted by Crippen LogP contribution is -2.48. The maximum absolute atomic E-state index is 12.2. The number of nitrogens with zero attached hydrogens (tertiary/aromatic N) is 1. The van der Waals surface area contributed by atoms with Gasteiger partial charge in [-0.2, -0.15) is 0 Å². The molecule has 0 bridgehead atoms. The van der Waals surface area contributed by atoms with E-state index in [2.05, 4.69) is 30.1 Å². The zero-order valence-electron chi connectivity index (χ0n) is 14.7. The van der Waals surface area contributed by atoms with Crippen LogP contribution in [-0.2, 0) is 4.79 Å². The van der Waals surface area contributed by atoms with Crippen molar-refractivity contribution in [2.45, 2.75) is 52.0 Å². The molecule has 1 N–H and O–H groups in total. The number of benzene rings is 1. The van der Waals surface area contributed by atoms with E-state index in [1.807, 2.05) is 18.2 Å². The van der Waals surface area contributed by atoms with E-state index in [9.17, 15) is 4.79 Å². The van der Waals surface area contributed by atoms with Crippen molar-refractivity contribution in [3.8, 4) is 5.75 Å². The number of para-hydroxylation sites is 2. The normalized spacial score (nSPS) is 19.3. The zero-order chi connectivity index (χ0) is 16.7. The lowest BCUT2D eigenvalue weighted by atomic mass is 10.0. The number of carbonyl (C=O) groups excluding carboxylic acids is 1. The Morgan fingerprint density at radius 1 is 1.43 bits per heavy atom. The van der Waals surface area contributed by atoms with E-state index < -0.39 is 0 Å². The number of nitrogens with one attached hydrogen (secondary N) is 1. The summed E-state index contributed by atoms with van der Waals surface area (Å²) < 4.78 is 5.47. The molecular weight excluding hydrogens is 288 g/mol. The summed E-state index contributed by atoms with van der Waals surface area (Å²) in [4.78, 5) is 14.5. The van der Waals surface area contributed by atoms with Gasteiger partial charge in [0.25, 0.3) is 0 Å². The van der Waals surface area contributed by atoms with Crippen molar-refractivity contribution >= 4 is 11.6 Å². The molecule has 128 valence electrons. The summed E-state index contributed by atoms with van der Waals surface area (Å²) in [6.07, 6.45) is 5.04. The molecule has 0 radical (unpaired) electrons. The van der Waals surface area contributed by atoms with Crippen molar-refractivity contribution in [2.75, 3.05) is 25.1 Å². The summed E-state index contributed by atoms with van der Waals surface area (Å²) in [5.74, 6) is 1.56. The van der Waals surface area contributed by atoms with E-state index in [0.29, 0.717) is 12.3 Å². The zero-order valence-corrected chi connectivity index (χ0v) is 14.7. The Morgan fingerprint density at radius 2 is 2.22 bits per heavy atom. The topological polar surface area (TPSA) is 41.6 Å². The average molecular weight is 318 g/mol. The Morgan fingerprint density at radius 3 is 2.96 bits per heavy atom. The number of hydrogen-bond acceptors (Lipinski definition) is 3. The Balaban J connectivity index is 1.92. The number of hydrogen-bond donors (Lipinski definition) is 1. The SMILES string of the molecule is CCCC(C)CC(=O)NC1CCCN(c2ccccc2OC)C1. The fourth-order valence-electron chi connectivity index (χ4n) is 3.40. The van der Waals surface area contributed by atoms with Crippen molar-refractivity contribution < 1.29 is 9.53 Å². The quantitative estimate of drug-likeness (QED) is 0.835. The van der Waals surface area contributed by atoms with E-state index in [4.69, 9.17) is 4.74 Å². The lowest BCUT2D eigenvalue weighted by molar-refractivity contribution is -0.122. The molecule has 0 saturated carbocycles. The predicted molar refractivity (Wildman–Crippen MR) is 95.1 cm³/mol. The van der Waals surface area contributed by atoms with Gasteiger partial charge in [0.05, 0.1) is 12.8 Å². The number of methoxy groups -OCH3 is 1. The second-order valence-corrected chi connectivity index (χ2v) is 6.62. The molecule has 1 fully saturated rings. The summed E-state index contributed by atoms with van der Waals surface area (Å²) in [5.41, 5.74) is 1.12. The molecule has 4 nitrogen and oxygen atoms in total. The molecular formula is C19H30N2O2. The lowest BCUT2D eigenvalue weighted by Gasteiger charge is -2.35. The van der Waals surface area contributed by atoms with Crippen LogP contribution in [0.15, 0.2) is 24.3 Å². The number of anilines is 1. The number of amides is 1. The van der Waals surface area contributed by atoms with E-state index in [-0.39, 0.29) is 11.9 Å². The second kappa shape index (κ2) is 8.80. The van der Waals surface area contributed by atoms with Gasteiger partial charge in [-0.05, 0) is 30.9 Å². The molecule has 4 heteroatoms. The number of carbonyl (C=O) groups is 1. The van der Waals surface area contributed by atoms with Gasteiger partial charge >= 0.3 is 0 Å². The summed E-state index contributed by atoms with van der Waals surface area (Å²) in [5, 5.41) is 3.22. The Hall–Kier alpha value is -1.71. The minimum atomic E-state index is 0.192. The van der Waals surface area contributed by atoms with Crippen LogP contribution >= 0.6 is 0 Å². The van der Waals surface area contributed by atoms with Crippen LogP contribution in [0, 0.1) is 5.92 Å². The minimum Gasteiger partial charge on any atom is -0.495 e. The monoisotopic (exact) mass is 318 g/mol. The maximum atomic E-state index is 12.2. The summed E-state index contributed by atoms with van der Waals surface area (Å²) in [7, 11) is 1.71. The van der Waals surface area contributed by atoms with Crippen LogP contribution in [0.1, 0.15) is 46.0 Å². The fourth-order valence-corrected chi connectivity index (χ4v) is 3.40. The van der Waals surface area contributed by atoms with Crippen molar-refractivity contribution in [2.24, 2.45) is 5.92 Å². The van der Waals surface area contributed by atoms with Crippen molar-refractivity contribution in [3.05, 3.63) is 24.3 Å². The number of piperidine rings is 1. The first-order valence-electron chi connectivity index (χ1n) is 8.81. The molecule has 1 amide bonds. The molecule has 2 unspecified atom stereocenters. The van der Waals surface area contributed by atoms with Gasteiger partial charge in [-0.3, -0.25) is 4.79 Å². The van der Waals surface area contributed by atoms with Gasteiger partial charge in [-0.15, -0.1) is 0 Å². The third kappa shape index (κ3) is 5.15. The number of ether oxygens (including phenoxy) is 1. The molecule has 23 heavy (non-hydrogen) atoms. The van der Waals surface area contributed by atoms with Gasteiger partial charge in [0.2, 0.25) is 5.91 Å². The van der Waals surface area contributed by atoms with Gasteiger partial charge in [0, 0.05) is 25.6 Å². The second-order valence-electron chi connectivity index (χ2n) is 6.62. The molecule has 1 aliphatic heterocycles. The van der Waals surface area contributed by atoms with Crippen LogP contribution < -0.4 is 15.0 Å². The summed E-state index contributed by atoms with van der Waals surface area (Å²) in [6, 6.07) is 8.33. The average Bonchev–Trinajstić information content (AvgIpc) is 2.55. The highest BCUT2D eigenvalue weighted by atomic mass is 16.5. The van der Waals surface area contributed by atoms with Gasteiger partial charge in [0.1, 0.15) is 5.75 Å². The predicted octanol–water partition coefficient (Wildman–Crippen LogP) is 3.61. The molecule has 0 aliphatic carbocycles. The molecule has 1 aromatic rings. The van der Waals surface area contributed by atoms with Crippen LogP contribution in [0.25, 0.3) is 0 Å².